The summed E-state index contributed by atoms with van der Waals surface area (Å²) >= 11 is 0. The van der Waals surface area contributed by atoms with Crippen LogP contribution in [0.25, 0.3) is 0 Å². The molecule has 0 unspecified atom stereocenters. The highest BCUT2D eigenvalue weighted by atomic mass is 16.5. The lowest BCUT2D eigenvalue weighted by molar-refractivity contribution is 0.0807. The molecule has 0 aromatic heterocycles. The number of nitrogens with one attached hydrogen (secondary N) is 1. The van der Waals surface area contributed by atoms with Crippen LogP contribution >= 0.6 is 0 Å². The standard InChI is InChI=1S/C12H19NO2/c1-10(2)15-7-6-13-9-11-4-3-5-12(14)8-11/h3-5,8,10,13-14H,6-7,9H2,1-2H3. The van der Waals surface area contributed by atoms with E-state index in [1.165, 1.54) is 0 Å². The number of ether oxygens (including phenoxy) is 1. The van der Waals surface area contributed by atoms with Crippen LogP contribution in [0.2, 0.25) is 0 Å². The van der Waals surface area contributed by atoms with Crippen molar-refractivity contribution in [3.05, 3.63) is 29.8 Å². The third-order valence-electron chi connectivity index (χ3n) is 1.97. The molecule has 0 aliphatic carbocycles. The number of hydrogen-bond donors (Lipinski definition) is 2. The van der Waals surface area contributed by atoms with Gasteiger partial charge in [0.25, 0.3) is 0 Å². The summed E-state index contributed by atoms with van der Waals surface area (Å²) in [6.07, 6.45) is 0.285. The molecule has 84 valence electrons. The Kier molecular flexibility index (Phi) is 5.15. The van der Waals surface area contributed by atoms with E-state index < -0.39 is 0 Å². The Morgan fingerprint density at radius 2 is 2.20 bits per heavy atom. The molecule has 1 rings (SSSR count). The van der Waals surface area contributed by atoms with E-state index in [9.17, 15) is 5.11 Å². The topological polar surface area (TPSA) is 41.5 Å². The molecule has 0 spiro atoms. The first-order chi connectivity index (χ1) is 7.18. The smallest absolute Gasteiger partial charge is 0.115 e. The molecule has 0 radical (unpaired) electrons. The number of rotatable bonds is 6. The maximum Gasteiger partial charge on any atom is 0.115 e. The minimum absolute atomic E-state index is 0.285. The predicted molar refractivity (Wildman–Crippen MR) is 60.9 cm³/mol. The quantitative estimate of drug-likeness (QED) is 0.703. The second kappa shape index (κ2) is 6.43. The number of benzene rings is 1. The SMILES string of the molecule is CC(C)OCCNCc1cccc(O)c1. The Labute approximate surface area is 91.1 Å². The second-order valence-corrected chi connectivity index (χ2v) is 3.77. The zero-order valence-corrected chi connectivity index (χ0v) is 9.36. The molecule has 0 atom stereocenters. The molecule has 1 aromatic rings. The van der Waals surface area contributed by atoms with Crippen molar-refractivity contribution in [2.75, 3.05) is 13.2 Å². The average molecular weight is 209 g/mol. The van der Waals surface area contributed by atoms with Crippen LogP contribution in [0.1, 0.15) is 19.4 Å². The number of phenols is 1. The summed E-state index contributed by atoms with van der Waals surface area (Å²) in [5, 5.41) is 12.5. The fraction of sp³-hybridized carbons (Fsp3) is 0.500. The normalized spacial score (nSPS) is 10.9. The minimum Gasteiger partial charge on any atom is -0.508 e. The molecule has 1 aromatic carbocycles. The van der Waals surface area contributed by atoms with Crippen molar-refractivity contribution in [1.29, 1.82) is 0 Å². The van der Waals surface area contributed by atoms with Crippen molar-refractivity contribution in [2.45, 2.75) is 26.5 Å². The third kappa shape index (κ3) is 5.40. The lowest BCUT2D eigenvalue weighted by Crippen LogP contribution is -2.20. The van der Waals surface area contributed by atoms with Crippen molar-refractivity contribution in [1.82, 2.24) is 5.32 Å². The highest BCUT2D eigenvalue weighted by Gasteiger charge is 1.95. The second-order valence-electron chi connectivity index (χ2n) is 3.77. The monoisotopic (exact) mass is 209 g/mol. The van der Waals surface area contributed by atoms with Crippen LogP contribution in [-0.4, -0.2) is 24.4 Å². The Bertz CT molecular complexity index is 287. The molecular formula is C12H19NO2. The van der Waals surface area contributed by atoms with E-state index in [4.69, 9.17) is 4.74 Å². The van der Waals surface area contributed by atoms with E-state index in [1.54, 1.807) is 12.1 Å². The van der Waals surface area contributed by atoms with Crippen LogP contribution in [0.4, 0.5) is 0 Å². The molecule has 0 saturated heterocycles. The Morgan fingerprint density at radius 3 is 2.87 bits per heavy atom. The van der Waals surface area contributed by atoms with Crippen LogP contribution in [0.15, 0.2) is 24.3 Å². The zero-order chi connectivity index (χ0) is 11.1. The fourth-order valence-electron chi connectivity index (χ4n) is 1.27. The lowest BCUT2D eigenvalue weighted by Gasteiger charge is -2.08. The number of hydrogen-bond acceptors (Lipinski definition) is 3. The van der Waals surface area contributed by atoms with Gasteiger partial charge in [0.1, 0.15) is 5.75 Å². The van der Waals surface area contributed by atoms with Gasteiger partial charge in [-0.2, -0.15) is 0 Å². The van der Waals surface area contributed by atoms with Crippen molar-refractivity contribution >= 4 is 0 Å². The molecule has 3 nitrogen and oxygen atoms in total. The summed E-state index contributed by atoms with van der Waals surface area (Å²) in [4.78, 5) is 0. The summed E-state index contributed by atoms with van der Waals surface area (Å²) in [5.41, 5.74) is 1.08. The van der Waals surface area contributed by atoms with Crippen molar-refractivity contribution in [3.63, 3.8) is 0 Å². The summed E-state index contributed by atoms with van der Waals surface area (Å²) < 4.78 is 5.39. The van der Waals surface area contributed by atoms with Gasteiger partial charge in [-0.25, -0.2) is 0 Å². The molecule has 0 bridgehead atoms. The first-order valence-electron chi connectivity index (χ1n) is 5.28. The first kappa shape index (κ1) is 12.0. The van der Waals surface area contributed by atoms with Crippen LogP contribution in [0.5, 0.6) is 5.75 Å². The molecule has 0 amide bonds. The van der Waals surface area contributed by atoms with Gasteiger partial charge >= 0.3 is 0 Å². The predicted octanol–water partition coefficient (Wildman–Crippen LogP) is 1.91. The Balaban J connectivity index is 2.15. The van der Waals surface area contributed by atoms with E-state index in [2.05, 4.69) is 5.32 Å². The van der Waals surface area contributed by atoms with Gasteiger partial charge in [0.2, 0.25) is 0 Å². The number of aromatic hydroxyl groups is 1. The maximum absolute atomic E-state index is 9.24. The Hall–Kier alpha value is -1.06. The van der Waals surface area contributed by atoms with Crippen LogP contribution < -0.4 is 5.32 Å². The van der Waals surface area contributed by atoms with Gasteiger partial charge in [0, 0.05) is 13.1 Å². The summed E-state index contributed by atoms with van der Waals surface area (Å²) in [6, 6.07) is 7.26. The molecular weight excluding hydrogens is 190 g/mol. The fourth-order valence-corrected chi connectivity index (χ4v) is 1.27. The van der Waals surface area contributed by atoms with Gasteiger partial charge in [0.05, 0.1) is 12.7 Å². The highest BCUT2D eigenvalue weighted by Crippen LogP contribution is 2.10. The van der Waals surface area contributed by atoms with Crippen molar-refractivity contribution in [3.8, 4) is 5.75 Å². The summed E-state index contributed by atoms with van der Waals surface area (Å²) in [7, 11) is 0. The van der Waals surface area contributed by atoms with E-state index in [-0.39, 0.29) is 6.10 Å². The van der Waals surface area contributed by atoms with Gasteiger partial charge in [-0.3, -0.25) is 0 Å². The largest absolute Gasteiger partial charge is 0.508 e. The minimum atomic E-state index is 0.285. The van der Waals surface area contributed by atoms with Crippen molar-refractivity contribution < 1.29 is 9.84 Å². The molecule has 15 heavy (non-hydrogen) atoms. The first-order valence-corrected chi connectivity index (χ1v) is 5.28. The van der Waals surface area contributed by atoms with E-state index in [0.717, 1.165) is 25.3 Å². The van der Waals surface area contributed by atoms with Gasteiger partial charge in [-0.05, 0) is 31.5 Å². The number of phenolic OH excluding ortho intramolecular Hbond substituents is 1. The van der Waals surface area contributed by atoms with Gasteiger partial charge in [-0.1, -0.05) is 12.1 Å². The summed E-state index contributed by atoms with van der Waals surface area (Å²) in [6.45, 7) is 6.35. The molecule has 3 heteroatoms. The molecule has 0 aliphatic rings. The van der Waals surface area contributed by atoms with E-state index >= 15 is 0 Å². The maximum atomic E-state index is 9.24. The molecule has 0 saturated carbocycles. The lowest BCUT2D eigenvalue weighted by atomic mass is 10.2. The van der Waals surface area contributed by atoms with Crippen LogP contribution in [-0.2, 0) is 11.3 Å². The third-order valence-corrected chi connectivity index (χ3v) is 1.97. The van der Waals surface area contributed by atoms with Gasteiger partial charge in [0.15, 0.2) is 0 Å². The van der Waals surface area contributed by atoms with E-state index in [1.807, 2.05) is 26.0 Å². The van der Waals surface area contributed by atoms with Crippen molar-refractivity contribution in [2.24, 2.45) is 0 Å². The Morgan fingerprint density at radius 1 is 1.40 bits per heavy atom. The molecule has 0 aliphatic heterocycles. The summed E-state index contributed by atoms with van der Waals surface area (Å²) in [5.74, 6) is 0.313. The molecule has 2 N–H and O–H groups in total. The zero-order valence-electron chi connectivity index (χ0n) is 9.36. The average Bonchev–Trinajstić information content (AvgIpc) is 2.17. The van der Waals surface area contributed by atoms with Crippen LogP contribution in [0, 0.1) is 0 Å². The van der Waals surface area contributed by atoms with Crippen LogP contribution in [0.3, 0.4) is 0 Å². The molecule has 0 heterocycles. The van der Waals surface area contributed by atoms with E-state index in [0.29, 0.717) is 5.75 Å². The highest BCUT2D eigenvalue weighted by molar-refractivity contribution is 5.26. The van der Waals surface area contributed by atoms with Gasteiger partial charge in [-0.15, -0.1) is 0 Å². The van der Waals surface area contributed by atoms with Gasteiger partial charge < -0.3 is 15.2 Å². The molecule has 0 fully saturated rings.